The van der Waals surface area contributed by atoms with Crippen molar-refractivity contribution in [1.29, 1.82) is 0 Å². The van der Waals surface area contributed by atoms with Gasteiger partial charge in [0.15, 0.2) is 5.69 Å². The first-order chi connectivity index (χ1) is 13.6. The highest BCUT2D eigenvalue weighted by atomic mass is 19.1. The molecule has 2 aliphatic rings. The molecule has 2 heterocycles. The van der Waals surface area contributed by atoms with Crippen molar-refractivity contribution in [2.75, 3.05) is 13.1 Å². The average molecular weight is 385 g/mol. The number of halogens is 1. The Balaban J connectivity index is 1.31. The minimum Gasteiger partial charge on any atom is -0.349 e. The predicted molar refractivity (Wildman–Crippen MR) is 100 cm³/mol. The first-order valence-electron chi connectivity index (χ1n) is 9.88. The number of amides is 2. The Morgan fingerprint density at radius 1 is 1.07 bits per heavy atom. The molecule has 148 valence electrons. The van der Waals surface area contributed by atoms with Crippen LogP contribution in [-0.4, -0.2) is 50.8 Å². The zero-order valence-electron chi connectivity index (χ0n) is 15.7. The monoisotopic (exact) mass is 385 g/mol. The van der Waals surface area contributed by atoms with Crippen LogP contribution in [0.15, 0.2) is 30.5 Å². The van der Waals surface area contributed by atoms with E-state index in [1.165, 1.54) is 12.1 Å². The van der Waals surface area contributed by atoms with Gasteiger partial charge in [0.2, 0.25) is 0 Å². The van der Waals surface area contributed by atoms with Gasteiger partial charge >= 0.3 is 0 Å². The molecule has 1 aromatic carbocycles. The van der Waals surface area contributed by atoms with E-state index < -0.39 is 5.82 Å². The number of carbonyl (C=O) groups is 2. The summed E-state index contributed by atoms with van der Waals surface area (Å²) in [5.41, 5.74) is 0.475. The lowest BCUT2D eigenvalue weighted by atomic mass is 9.91. The number of nitrogens with zero attached hydrogens (tertiary/aromatic N) is 4. The summed E-state index contributed by atoms with van der Waals surface area (Å²) >= 11 is 0. The number of hydrogen-bond donors (Lipinski definition) is 1. The molecule has 1 N–H and O–H groups in total. The molecular weight excluding hydrogens is 361 g/mol. The summed E-state index contributed by atoms with van der Waals surface area (Å²) in [7, 11) is 0. The van der Waals surface area contributed by atoms with Crippen molar-refractivity contribution in [2.24, 2.45) is 0 Å². The highest BCUT2D eigenvalue weighted by Crippen LogP contribution is 2.28. The molecule has 2 fully saturated rings. The largest absolute Gasteiger partial charge is 0.349 e. The molecule has 0 unspecified atom stereocenters. The van der Waals surface area contributed by atoms with Gasteiger partial charge in [0.25, 0.3) is 11.8 Å². The van der Waals surface area contributed by atoms with Gasteiger partial charge in [-0.3, -0.25) is 9.59 Å². The summed E-state index contributed by atoms with van der Waals surface area (Å²) in [5.74, 6) is -0.929. The second-order valence-corrected chi connectivity index (χ2v) is 7.54. The highest BCUT2D eigenvalue weighted by Gasteiger charge is 2.27. The summed E-state index contributed by atoms with van der Waals surface area (Å²) in [6, 6.07) is 6.17. The molecule has 1 aromatic heterocycles. The smallest absolute Gasteiger partial charge is 0.276 e. The molecule has 1 aliphatic carbocycles. The van der Waals surface area contributed by atoms with Crippen molar-refractivity contribution in [3.8, 4) is 0 Å². The fraction of sp³-hybridized carbons (Fsp3) is 0.500. The molecule has 0 spiro atoms. The van der Waals surface area contributed by atoms with Crippen LogP contribution in [0.1, 0.15) is 65.4 Å². The van der Waals surface area contributed by atoms with Crippen LogP contribution in [0.2, 0.25) is 0 Å². The fourth-order valence-electron chi connectivity index (χ4n) is 4.03. The minimum atomic E-state index is -0.508. The molecule has 1 saturated heterocycles. The fourth-order valence-corrected chi connectivity index (χ4v) is 4.03. The molecule has 4 rings (SSSR count). The quantitative estimate of drug-likeness (QED) is 0.877. The lowest BCUT2D eigenvalue weighted by Crippen LogP contribution is -2.38. The summed E-state index contributed by atoms with van der Waals surface area (Å²) in [6.45, 7) is 1.58. The normalized spacial score (nSPS) is 22.2. The van der Waals surface area contributed by atoms with E-state index in [-0.39, 0.29) is 29.5 Å². The van der Waals surface area contributed by atoms with Gasteiger partial charge < -0.3 is 10.2 Å². The molecule has 2 amide bonds. The Kier molecular flexibility index (Phi) is 5.36. The van der Waals surface area contributed by atoms with Crippen molar-refractivity contribution >= 4 is 11.8 Å². The topological polar surface area (TPSA) is 80.1 Å². The zero-order chi connectivity index (χ0) is 19.5. The maximum Gasteiger partial charge on any atom is 0.276 e. The van der Waals surface area contributed by atoms with Crippen molar-refractivity contribution in [3.63, 3.8) is 0 Å². The third kappa shape index (κ3) is 3.90. The standard InChI is InChI=1S/C20H24FN5O2/c21-17-6-2-1-5-16(17)19(27)22-14-7-9-15(10-8-14)26-13-18(23-24-26)20(28)25-11-3-4-12-25/h1-2,5-6,13-15H,3-4,7-12H2,(H,22,27)/t14-,15+. The molecule has 8 heteroatoms. The zero-order valence-corrected chi connectivity index (χ0v) is 15.7. The minimum absolute atomic E-state index is 0.0116. The van der Waals surface area contributed by atoms with E-state index in [9.17, 15) is 14.0 Å². The van der Waals surface area contributed by atoms with Gasteiger partial charge in [-0.15, -0.1) is 5.10 Å². The summed E-state index contributed by atoms with van der Waals surface area (Å²) in [6.07, 6.45) is 7.03. The van der Waals surface area contributed by atoms with E-state index in [1.807, 2.05) is 4.90 Å². The molecule has 0 bridgehead atoms. The lowest BCUT2D eigenvalue weighted by Gasteiger charge is -2.29. The molecule has 7 nitrogen and oxygen atoms in total. The number of benzene rings is 1. The van der Waals surface area contributed by atoms with Crippen LogP contribution < -0.4 is 5.32 Å². The SMILES string of the molecule is O=C(N[C@H]1CC[C@@H](n2cc(C(=O)N3CCCC3)nn2)CC1)c1ccccc1F. The number of nitrogens with one attached hydrogen (secondary N) is 1. The molecule has 2 aromatic rings. The number of likely N-dealkylation sites (tertiary alicyclic amines) is 1. The Morgan fingerprint density at radius 3 is 2.50 bits per heavy atom. The van der Waals surface area contributed by atoms with Gasteiger partial charge in [-0.05, 0) is 50.7 Å². The Hall–Kier alpha value is -2.77. The van der Waals surface area contributed by atoms with Gasteiger partial charge in [0, 0.05) is 19.1 Å². The van der Waals surface area contributed by atoms with Crippen molar-refractivity contribution in [2.45, 2.75) is 50.6 Å². The van der Waals surface area contributed by atoms with Crippen molar-refractivity contribution in [3.05, 3.63) is 47.5 Å². The number of aromatic nitrogens is 3. The first kappa shape index (κ1) is 18.6. The van der Waals surface area contributed by atoms with E-state index in [4.69, 9.17) is 0 Å². The van der Waals surface area contributed by atoms with Crippen LogP contribution in [0.25, 0.3) is 0 Å². The highest BCUT2D eigenvalue weighted by molar-refractivity contribution is 5.94. The van der Waals surface area contributed by atoms with E-state index in [2.05, 4.69) is 15.6 Å². The summed E-state index contributed by atoms with van der Waals surface area (Å²) < 4.78 is 15.5. The average Bonchev–Trinajstić information content (AvgIpc) is 3.41. The van der Waals surface area contributed by atoms with E-state index in [1.54, 1.807) is 23.0 Å². The maximum absolute atomic E-state index is 13.7. The molecule has 1 saturated carbocycles. The lowest BCUT2D eigenvalue weighted by molar-refractivity contribution is 0.0786. The molecular formula is C20H24FN5O2. The molecule has 0 radical (unpaired) electrons. The van der Waals surface area contributed by atoms with Crippen LogP contribution >= 0.6 is 0 Å². The van der Waals surface area contributed by atoms with Gasteiger partial charge in [0.1, 0.15) is 5.82 Å². The van der Waals surface area contributed by atoms with Crippen LogP contribution in [-0.2, 0) is 0 Å². The summed E-state index contributed by atoms with van der Waals surface area (Å²) in [5, 5.41) is 11.1. The number of carbonyl (C=O) groups excluding carboxylic acids is 2. The van der Waals surface area contributed by atoms with Crippen LogP contribution in [0.4, 0.5) is 4.39 Å². The summed E-state index contributed by atoms with van der Waals surface area (Å²) in [4.78, 5) is 26.5. The van der Waals surface area contributed by atoms with Gasteiger partial charge in [-0.1, -0.05) is 17.3 Å². The molecule has 28 heavy (non-hydrogen) atoms. The van der Waals surface area contributed by atoms with E-state index >= 15 is 0 Å². The second-order valence-electron chi connectivity index (χ2n) is 7.54. The third-order valence-electron chi connectivity index (χ3n) is 5.65. The first-order valence-corrected chi connectivity index (χ1v) is 9.88. The Labute approximate surface area is 162 Å². The third-order valence-corrected chi connectivity index (χ3v) is 5.65. The second kappa shape index (κ2) is 8.08. The Bertz CT molecular complexity index is 854. The Morgan fingerprint density at radius 2 is 1.79 bits per heavy atom. The van der Waals surface area contributed by atoms with Gasteiger partial charge in [-0.25, -0.2) is 9.07 Å². The maximum atomic E-state index is 13.7. The van der Waals surface area contributed by atoms with Gasteiger partial charge in [-0.2, -0.15) is 0 Å². The van der Waals surface area contributed by atoms with E-state index in [0.29, 0.717) is 5.69 Å². The predicted octanol–water partition coefficient (Wildman–Crippen LogP) is 2.57. The number of hydrogen-bond acceptors (Lipinski definition) is 4. The van der Waals surface area contributed by atoms with Crippen molar-refractivity contribution < 1.29 is 14.0 Å². The number of rotatable bonds is 4. The van der Waals surface area contributed by atoms with Crippen LogP contribution in [0.3, 0.4) is 0 Å². The van der Waals surface area contributed by atoms with Crippen LogP contribution in [0.5, 0.6) is 0 Å². The molecule has 1 aliphatic heterocycles. The molecule has 0 atom stereocenters. The van der Waals surface area contributed by atoms with E-state index in [0.717, 1.165) is 51.6 Å². The van der Waals surface area contributed by atoms with Crippen LogP contribution in [0, 0.1) is 5.82 Å². The van der Waals surface area contributed by atoms with Crippen molar-refractivity contribution in [1.82, 2.24) is 25.2 Å². The van der Waals surface area contributed by atoms with Gasteiger partial charge in [0.05, 0.1) is 17.8 Å².